The lowest BCUT2D eigenvalue weighted by Gasteiger charge is -2.27. The first kappa shape index (κ1) is 20.2. The number of nitrogens with zero attached hydrogens (tertiary/aromatic N) is 1. The van der Waals surface area contributed by atoms with Gasteiger partial charge < -0.3 is 4.74 Å². The van der Waals surface area contributed by atoms with Crippen LogP contribution in [-0.4, -0.2) is 30.9 Å². The number of carbonyl (C=O) groups is 4. The second kappa shape index (κ2) is 8.36. The third kappa shape index (κ3) is 3.64. The van der Waals surface area contributed by atoms with Crippen LogP contribution < -0.4 is 9.64 Å². The standard InChI is InChI=1S/C25H19NO5/c1-31-20-13-9-18(10-14-20)23(28)21-22(17-5-3-2-4-6-17)26(25(30)24(21)29)19-11-7-16(15-27)8-12-19/h2-15,21-22H,1H3. The first-order valence-corrected chi connectivity index (χ1v) is 9.71. The smallest absolute Gasteiger partial charge is 0.295 e. The van der Waals surface area contributed by atoms with Crippen molar-refractivity contribution in [2.24, 2.45) is 5.92 Å². The van der Waals surface area contributed by atoms with Crippen molar-refractivity contribution in [1.29, 1.82) is 0 Å². The molecule has 1 heterocycles. The Balaban J connectivity index is 1.80. The highest BCUT2D eigenvalue weighted by Crippen LogP contribution is 2.41. The van der Waals surface area contributed by atoms with Gasteiger partial charge in [-0.3, -0.25) is 24.1 Å². The molecule has 3 aromatic carbocycles. The van der Waals surface area contributed by atoms with Crippen LogP contribution in [0.3, 0.4) is 0 Å². The molecule has 1 fully saturated rings. The SMILES string of the molecule is COc1ccc(C(=O)C2C(=O)C(=O)N(c3ccc(C=O)cc3)C2c2ccccc2)cc1. The molecule has 0 saturated carbocycles. The normalized spacial score (nSPS) is 18.2. The molecule has 1 amide bonds. The van der Waals surface area contributed by atoms with E-state index in [1.165, 1.54) is 12.0 Å². The first-order valence-electron chi connectivity index (χ1n) is 9.71. The minimum atomic E-state index is -1.19. The zero-order valence-electron chi connectivity index (χ0n) is 16.7. The number of methoxy groups -OCH3 is 1. The molecule has 0 spiro atoms. The molecule has 6 heteroatoms. The van der Waals surface area contributed by atoms with E-state index in [1.807, 2.05) is 6.07 Å². The Morgan fingerprint density at radius 2 is 1.55 bits per heavy atom. The number of rotatable bonds is 6. The van der Waals surface area contributed by atoms with Crippen molar-refractivity contribution < 1.29 is 23.9 Å². The first-order chi connectivity index (χ1) is 15.0. The highest BCUT2D eigenvalue weighted by atomic mass is 16.5. The van der Waals surface area contributed by atoms with Gasteiger partial charge in [-0.2, -0.15) is 0 Å². The summed E-state index contributed by atoms with van der Waals surface area (Å²) in [6, 6.07) is 21.0. The van der Waals surface area contributed by atoms with Gasteiger partial charge in [0.05, 0.1) is 13.2 Å². The zero-order chi connectivity index (χ0) is 22.0. The van der Waals surface area contributed by atoms with Crippen LogP contribution in [0, 0.1) is 5.92 Å². The fraction of sp³-hybridized carbons (Fsp3) is 0.120. The summed E-state index contributed by atoms with van der Waals surface area (Å²) in [6.07, 6.45) is 0.700. The second-order valence-corrected chi connectivity index (χ2v) is 7.17. The summed E-state index contributed by atoms with van der Waals surface area (Å²) >= 11 is 0. The van der Waals surface area contributed by atoms with Crippen molar-refractivity contribution in [3.05, 3.63) is 95.6 Å². The number of ketones is 2. The molecule has 6 nitrogen and oxygen atoms in total. The quantitative estimate of drug-likeness (QED) is 0.267. The average molecular weight is 413 g/mol. The molecule has 2 unspecified atom stereocenters. The van der Waals surface area contributed by atoms with Crippen LogP contribution in [0.5, 0.6) is 5.75 Å². The second-order valence-electron chi connectivity index (χ2n) is 7.17. The van der Waals surface area contributed by atoms with Gasteiger partial charge in [-0.1, -0.05) is 30.3 Å². The maximum absolute atomic E-state index is 13.4. The van der Waals surface area contributed by atoms with Crippen molar-refractivity contribution in [2.75, 3.05) is 12.0 Å². The number of ether oxygens (including phenoxy) is 1. The predicted octanol–water partition coefficient (Wildman–Crippen LogP) is 3.66. The van der Waals surface area contributed by atoms with Crippen LogP contribution >= 0.6 is 0 Å². The lowest BCUT2D eigenvalue weighted by atomic mass is 9.86. The molecular formula is C25H19NO5. The Kier molecular flexibility index (Phi) is 5.45. The largest absolute Gasteiger partial charge is 0.497 e. The molecule has 0 bridgehead atoms. The number of Topliss-reactive ketones (excluding diaryl/α,β-unsaturated/α-hetero) is 2. The van der Waals surface area contributed by atoms with Gasteiger partial charge in [0.1, 0.15) is 18.0 Å². The van der Waals surface area contributed by atoms with E-state index in [4.69, 9.17) is 4.74 Å². The summed E-state index contributed by atoms with van der Waals surface area (Å²) in [5.41, 5.74) is 1.89. The minimum absolute atomic E-state index is 0.325. The van der Waals surface area contributed by atoms with Crippen molar-refractivity contribution in [1.82, 2.24) is 0 Å². The molecule has 0 N–H and O–H groups in total. The number of carbonyl (C=O) groups excluding carboxylic acids is 4. The van der Waals surface area contributed by atoms with Gasteiger partial charge in [0.2, 0.25) is 5.78 Å². The predicted molar refractivity (Wildman–Crippen MR) is 114 cm³/mol. The topological polar surface area (TPSA) is 80.8 Å². The van der Waals surface area contributed by atoms with Gasteiger partial charge in [0, 0.05) is 16.8 Å². The summed E-state index contributed by atoms with van der Waals surface area (Å²) in [5.74, 6) is -2.54. The molecule has 2 atom stereocenters. The van der Waals surface area contributed by atoms with Gasteiger partial charge in [0.15, 0.2) is 5.78 Å². The molecule has 4 rings (SSSR count). The average Bonchev–Trinajstić information content (AvgIpc) is 3.09. The maximum atomic E-state index is 13.4. The third-order valence-corrected chi connectivity index (χ3v) is 5.41. The third-order valence-electron chi connectivity index (χ3n) is 5.41. The Morgan fingerprint density at radius 3 is 2.13 bits per heavy atom. The lowest BCUT2D eigenvalue weighted by Crippen LogP contribution is -2.30. The van der Waals surface area contributed by atoms with E-state index in [0.717, 1.165) is 0 Å². The molecule has 31 heavy (non-hydrogen) atoms. The summed E-state index contributed by atoms with van der Waals surface area (Å²) in [5, 5.41) is 0. The molecule has 1 aliphatic rings. The van der Waals surface area contributed by atoms with Gasteiger partial charge in [-0.05, 0) is 54.1 Å². The van der Waals surface area contributed by atoms with Crippen molar-refractivity contribution in [2.45, 2.75) is 6.04 Å². The van der Waals surface area contributed by atoms with Gasteiger partial charge >= 0.3 is 0 Å². The molecule has 154 valence electrons. The Morgan fingerprint density at radius 1 is 0.903 bits per heavy atom. The Labute approximate surface area is 179 Å². The van der Waals surface area contributed by atoms with E-state index in [1.54, 1.807) is 72.8 Å². The molecule has 0 radical (unpaired) electrons. The highest BCUT2D eigenvalue weighted by molar-refractivity contribution is 6.49. The van der Waals surface area contributed by atoms with Crippen molar-refractivity contribution in [3.63, 3.8) is 0 Å². The fourth-order valence-corrected chi connectivity index (χ4v) is 3.85. The number of aldehydes is 1. The fourth-order valence-electron chi connectivity index (χ4n) is 3.85. The molecule has 1 aliphatic heterocycles. The van der Waals surface area contributed by atoms with Crippen LogP contribution in [0.25, 0.3) is 0 Å². The van der Waals surface area contributed by atoms with Crippen molar-refractivity contribution >= 4 is 29.4 Å². The van der Waals surface area contributed by atoms with Gasteiger partial charge in [-0.15, -0.1) is 0 Å². The van der Waals surface area contributed by atoms with Crippen LogP contribution in [0.15, 0.2) is 78.9 Å². The molecule has 3 aromatic rings. The highest BCUT2D eigenvalue weighted by Gasteiger charge is 2.52. The van der Waals surface area contributed by atoms with E-state index in [0.29, 0.717) is 34.4 Å². The number of hydrogen-bond acceptors (Lipinski definition) is 5. The van der Waals surface area contributed by atoms with Crippen LogP contribution in [0.2, 0.25) is 0 Å². The van der Waals surface area contributed by atoms with E-state index >= 15 is 0 Å². The van der Waals surface area contributed by atoms with Crippen LogP contribution in [-0.2, 0) is 9.59 Å². The molecular weight excluding hydrogens is 394 g/mol. The Hall–Kier alpha value is -4.06. The van der Waals surface area contributed by atoms with Crippen LogP contribution in [0.1, 0.15) is 32.3 Å². The maximum Gasteiger partial charge on any atom is 0.295 e. The number of benzene rings is 3. The van der Waals surface area contributed by atoms with E-state index in [2.05, 4.69) is 0 Å². The lowest BCUT2D eigenvalue weighted by molar-refractivity contribution is -0.135. The van der Waals surface area contributed by atoms with E-state index in [-0.39, 0.29) is 0 Å². The molecule has 0 aliphatic carbocycles. The minimum Gasteiger partial charge on any atom is -0.497 e. The number of hydrogen-bond donors (Lipinski definition) is 0. The van der Waals surface area contributed by atoms with Crippen molar-refractivity contribution in [3.8, 4) is 5.75 Å². The molecule has 1 saturated heterocycles. The van der Waals surface area contributed by atoms with E-state index in [9.17, 15) is 19.2 Å². The van der Waals surface area contributed by atoms with Gasteiger partial charge in [-0.25, -0.2) is 0 Å². The Bertz CT molecular complexity index is 1140. The van der Waals surface area contributed by atoms with Crippen LogP contribution in [0.4, 0.5) is 5.69 Å². The number of anilines is 1. The monoisotopic (exact) mass is 413 g/mol. The van der Waals surface area contributed by atoms with Gasteiger partial charge in [0.25, 0.3) is 5.91 Å². The number of amides is 1. The zero-order valence-corrected chi connectivity index (χ0v) is 16.7. The van der Waals surface area contributed by atoms with E-state index < -0.39 is 29.4 Å². The molecule has 0 aromatic heterocycles. The summed E-state index contributed by atoms with van der Waals surface area (Å²) in [6.45, 7) is 0. The summed E-state index contributed by atoms with van der Waals surface area (Å²) < 4.78 is 5.13. The summed E-state index contributed by atoms with van der Waals surface area (Å²) in [4.78, 5) is 51.8. The summed E-state index contributed by atoms with van der Waals surface area (Å²) in [7, 11) is 1.52.